The van der Waals surface area contributed by atoms with E-state index < -0.39 is 18.1 Å². The number of nitrogens with zero attached hydrogens (tertiary/aromatic N) is 3. The first kappa shape index (κ1) is 21.2. The molecular weight excluding hydrogens is 418 g/mol. The number of rotatable bonds is 7. The summed E-state index contributed by atoms with van der Waals surface area (Å²) in [5, 5.41) is 1.68. The molecule has 3 atom stereocenters. The molecule has 2 aromatic carbocycles. The molecule has 7 heteroatoms. The molecule has 2 saturated heterocycles. The highest BCUT2D eigenvalue weighted by Crippen LogP contribution is 2.47. The second kappa shape index (κ2) is 9.03. The van der Waals surface area contributed by atoms with Gasteiger partial charge in [-0.3, -0.25) is 19.4 Å². The van der Waals surface area contributed by atoms with Crippen LogP contribution in [0.1, 0.15) is 31.4 Å². The summed E-state index contributed by atoms with van der Waals surface area (Å²) in [6.07, 6.45) is 4.50. The monoisotopic (exact) mass is 443 g/mol. The number of fused-ring (bicyclic) bond motifs is 1. The van der Waals surface area contributed by atoms with Crippen LogP contribution in [0.2, 0.25) is 0 Å². The standard InChI is InChI=1S/C26H25N3O4/c1-2-3-17-32-21-11-9-19(10-12-21)28-25(30)22-23(18-13-15-27-16-14-18)29(33-24(22)26(28)31)20-7-5-4-6-8-20/h4-16,22-24H,2-3,17H2,1H3/t22-,23+,24-/m1/s1. The Balaban J connectivity index is 1.45. The third-order valence-electron chi connectivity index (χ3n) is 6.04. The van der Waals surface area contributed by atoms with E-state index in [1.165, 1.54) is 4.90 Å². The number of carbonyl (C=O) groups excluding carboxylic acids is 2. The summed E-state index contributed by atoms with van der Waals surface area (Å²) < 4.78 is 5.70. The number of unbranched alkanes of at least 4 members (excludes halogenated alkanes) is 1. The maximum Gasteiger partial charge on any atom is 0.266 e. The van der Waals surface area contributed by atoms with Crippen molar-refractivity contribution in [2.24, 2.45) is 5.92 Å². The van der Waals surface area contributed by atoms with Crippen molar-refractivity contribution in [3.8, 4) is 5.75 Å². The average Bonchev–Trinajstić information content (AvgIpc) is 3.37. The van der Waals surface area contributed by atoms with Gasteiger partial charge in [-0.1, -0.05) is 31.5 Å². The summed E-state index contributed by atoms with van der Waals surface area (Å²) in [6.45, 7) is 2.74. The number of anilines is 2. The summed E-state index contributed by atoms with van der Waals surface area (Å²) in [5.41, 5.74) is 2.17. The Bertz CT molecular complexity index is 1120. The highest BCUT2D eigenvalue weighted by atomic mass is 16.7. The van der Waals surface area contributed by atoms with Crippen molar-refractivity contribution >= 4 is 23.2 Å². The summed E-state index contributed by atoms with van der Waals surface area (Å²) in [7, 11) is 0. The molecule has 1 aromatic heterocycles. The quantitative estimate of drug-likeness (QED) is 0.400. The van der Waals surface area contributed by atoms with Gasteiger partial charge in [0, 0.05) is 12.4 Å². The lowest BCUT2D eigenvalue weighted by molar-refractivity contribution is -0.126. The molecule has 2 aliphatic heterocycles. The Labute approximate surface area is 192 Å². The summed E-state index contributed by atoms with van der Waals surface area (Å²) in [6, 6.07) is 19.8. The molecule has 7 nitrogen and oxygen atoms in total. The van der Waals surface area contributed by atoms with Crippen molar-refractivity contribution in [3.05, 3.63) is 84.7 Å². The van der Waals surface area contributed by atoms with Gasteiger partial charge >= 0.3 is 0 Å². The molecule has 0 unspecified atom stereocenters. The number of aromatic nitrogens is 1. The van der Waals surface area contributed by atoms with Gasteiger partial charge in [0.05, 0.1) is 24.0 Å². The number of hydrogen-bond acceptors (Lipinski definition) is 6. The zero-order valence-electron chi connectivity index (χ0n) is 18.3. The minimum absolute atomic E-state index is 0.273. The van der Waals surface area contributed by atoms with Crippen molar-refractivity contribution in [2.45, 2.75) is 31.9 Å². The number of hydrogen-bond donors (Lipinski definition) is 0. The van der Waals surface area contributed by atoms with Crippen LogP contribution >= 0.6 is 0 Å². The minimum Gasteiger partial charge on any atom is -0.494 e. The largest absolute Gasteiger partial charge is 0.494 e. The van der Waals surface area contributed by atoms with Crippen LogP contribution in [-0.2, 0) is 14.4 Å². The van der Waals surface area contributed by atoms with Crippen LogP contribution in [0.15, 0.2) is 79.1 Å². The molecule has 168 valence electrons. The van der Waals surface area contributed by atoms with Crippen molar-refractivity contribution in [1.82, 2.24) is 4.98 Å². The highest BCUT2D eigenvalue weighted by Gasteiger charge is 2.60. The van der Waals surface area contributed by atoms with Crippen molar-refractivity contribution in [1.29, 1.82) is 0 Å². The summed E-state index contributed by atoms with van der Waals surface area (Å²) >= 11 is 0. The van der Waals surface area contributed by atoms with Crippen LogP contribution in [0.4, 0.5) is 11.4 Å². The van der Waals surface area contributed by atoms with Crippen LogP contribution in [0, 0.1) is 5.92 Å². The van der Waals surface area contributed by atoms with Crippen LogP contribution in [0.3, 0.4) is 0 Å². The maximum absolute atomic E-state index is 13.6. The van der Waals surface area contributed by atoms with E-state index in [9.17, 15) is 9.59 Å². The number of ether oxygens (including phenoxy) is 1. The van der Waals surface area contributed by atoms with E-state index in [-0.39, 0.29) is 11.8 Å². The van der Waals surface area contributed by atoms with Crippen LogP contribution in [0.25, 0.3) is 0 Å². The van der Waals surface area contributed by atoms with E-state index in [0.717, 1.165) is 24.1 Å². The van der Waals surface area contributed by atoms with Crippen molar-refractivity contribution in [3.63, 3.8) is 0 Å². The summed E-state index contributed by atoms with van der Waals surface area (Å²) in [5.74, 6) is -0.583. The molecule has 0 bridgehead atoms. The number of para-hydroxylation sites is 1. The molecule has 0 radical (unpaired) electrons. The zero-order chi connectivity index (χ0) is 22.8. The molecule has 2 fully saturated rings. The first-order valence-electron chi connectivity index (χ1n) is 11.2. The third-order valence-corrected chi connectivity index (χ3v) is 6.04. The maximum atomic E-state index is 13.6. The third kappa shape index (κ3) is 3.85. The number of carbonyl (C=O) groups is 2. The van der Waals surface area contributed by atoms with E-state index in [1.807, 2.05) is 42.5 Å². The van der Waals surface area contributed by atoms with E-state index in [4.69, 9.17) is 9.57 Å². The lowest BCUT2D eigenvalue weighted by atomic mass is 9.91. The zero-order valence-corrected chi connectivity index (χ0v) is 18.3. The van der Waals surface area contributed by atoms with Gasteiger partial charge in [-0.15, -0.1) is 0 Å². The second-order valence-corrected chi connectivity index (χ2v) is 8.15. The number of amides is 2. The number of hydroxylamine groups is 1. The molecule has 0 N–H and O–H groups in total. The van der Waals surface area contributed by atoms with Crippen LogP contribution in [0.5, 0.6) is 5.75 Å². The lowest BCUT2D eigenvalue weighted by Gasteiger charge is -2.28. The first-order chi connectivity index (χ1) is 16.2. The van der Waals surface area contributed by atoms with Gasteiger partial charge < -0.3 is 4.74 Å². The smallest absolute Gasteiger partial charge is 0.266 e. The van der Waals surface area contributed by atoms with Crippen molar-refractivity contribution < 1.29 is 19.2 Å². The Morgan fingerprint density at radius 3 is 2.33 bits per heavy atom. The fraction of sp³-hybridized carbons (Fsp3) is 0.269. The van der Waals surface area contributed by atoms with Gasteiger partial charge in [0.2, 0.25) is 5.91 Å². The topological polar surface area (TPSA) is 72.0 Å². The molecule has 0 spiro atoms. The van der Waals surface area contributed by atoms with Gasteiger partial charge in [0.15, 0.2) is 6.10 Å². The molecule has 2 aliphatic rings. The van der Waals surface area contributed by atoms with E-state index in [1.54, 1.807) is 41.7 Å². The SMILES string of the molecule is CCCCOc1ccc(N2C(=O)[C@H]3[C@@H](ON(c4ccccc4)[C@H]3c3ccncc3)C2=O)cc1. The average molecular weight is 444 g/mol. The fourth-order valence-corrected chi connectivity index (χ4v) is 4.39. The van der Waals surface area contributed by atoms with Gasteiger partial charge in [0.25, 0.3) is 5.91 Å². The normalized spacial score (nSPS) is 22.0. The molecule has 3 heterocycles. The Morgan fingerprint density at radius 2 is 1.64 bits per heavy atom. The Hall–Kier alpha value is -3.71. The molecule has 5 rings (SSSR count). The predicted octanol–water partition coefficient (Wildman–Crippen LogP) is 4.31. The van der Waals surface area contributed by atoms with E-state index in [0.29, 0.717) is 18.0 Å². The number of pyridine rings is 1. The van der Waals surface area contributed by atoms with E-state index in [2.05, 4.69) is 11.9 Å². The summed E-state index contributed by atoms with van der Waals surface area (Å²) in [4.78, 5) is 38.4. The lowest BCUT2D eigenvalue weighted by Crippen LogP contribution is -2.37. The molecule has 3 aromatic rings. The van der Waals surface area contributed by atoms with Gasteiger partial charge in [-0.05, 0) is 60.5 Å². The predicted molar refractivity (Wildman–Crippen MR) is 124 cm³/mol. The Kier molecular flexibility index (Phi) is 5.79. The molecule has 2 amide bonds. The minimum atomic E-state index is -0.892. The molecule has 0 aliphatic carbocycles. The van der Waals surface area contributed by atoms with E-state index >= 15 is 0 Å². The molecule has 0 saturated carbocycles. The highest BCUT2D eigenvalue weighted by molar-refractivity contribution is 6.23. The van der Waals surface area contributed by atoms with Gasteiger partial charge in [0.1, 0.15) is 11.7 Å². The number of imide groups is 1. The van der Waals surface area contributed by atoms with Gasteiger partial charge in [-0.2, -0.15) is 0 Å². The number of benzene rings is 2. The molecular formula is C26H25N3O4. The van der Waals surface area contributed by atoms with Gasteiger partial charge in [-0.25, -0.2) is 9.96 Å². The molecule has 33 heavy (non-hydrogen) atoms. The first-order valence-corrected chi connectivity index (χ1v) is 11.2. The van der Waals surface area contributed by atoms with Crippen LogP contribution in [-0.4, -0.2) is 29.5 Å². The second-order valence-electron chi connectivity index (χ2n) is 8.15. The van der Waals surface area contributed by atoms with Crippen LogP contribution < -0.4 is 14.7 Å². The Morgan fingerprint density at radius 1 is 0.909 bits per heavy atom. The van der Waals surface area contributed by atoms with Crippen molar-refractivity contribution in [2.75, 3.05) is 16.6 Å². The fourth-order valence-electron chi connectivity index (χ4n) is 4.39.